The highest BCUT2D eigenvalue weighted by Crippen LogP contribution is 2.30. The van der Waals surface area contributed by atoms with Crippen LogP contribution in [0.4, 0.5) is 5.69 Å². The van der Waals surface area contributed by atoms with E-state index < -0.39 is 33.1 Å². The Hall–Kier alpha value is -3.98. The highest BCUT2D eigenvalue weighted by molar-refractivity contribution is 7.90. The number of hydrogen-bond acceptors (Lipinski definition) is 10. The minimum Gasteiger partial charge on any atom is -0.479 e. The third kappa shape index (κ3) is 6.83. The summed E-state index contributed by atoms with van der Waals surface area (Å²) in [5, 5.41) is 1.96. The van der Waals surface area contributed by atoms with E-state index in [-0.39, 0.29) is 29.0 Å². The van der Waals surface area contributed by atoms with Gasteiger partial charge in [0.05, 0.1) is 24.5 Å². The zero-order valence-corrected chi connectivity index (χ0v) is 22.1. The van der Waals surface area contributed by atoms with Crippen LogP contribution in [0.1, 0.15) is 41.9 Å². The summed E-state index contributed by atoms with van der Waals surface area (Å²) in [5.41, 5.74) is 4.85. The van der Waals surface area contributed by atoms with Crippen molar-refractivity contribution >= 4 is 39.2 Å². The molecule has 0 unspecified atom stereocenters. The van der Waals surface area contributed by atoms with Crippen LogP contribution >= 0.6 is 11.6 Å². The Balaban J connectivity index is 1.94. The Morgan fingerprint density at radius 2 is 1.68 bits per heavy atom. The van der Waals surface area contributed by atoms with E-state index in [9.17, 15) is 13.2 Å². The summed E-state index contributed by atoms with van der Waals surface area (Å²) in [6, 6.07) is 3.06. The van der Waals surface area contributed by atoms with Gasteiger partial charge in [-0.05, 0) is 26.0 Å². The number of guanidine groups is 1. The maximum atomic E-state index is 13.3. The second kappa shape index (κ2) is 11.8. The van der Waals surface area contributed by atoms with Gasteiger partial charge in [0, 0.05) is 18.3 Å². The van der Waals surface area contributed by atoms with Gasteiger partial charge in [-0.2, -0.15) is 9.97 Å². The van der Waals surface area contributed by atoms with Gasteiger partial charge in [-0.1, -0.05) is 18.5 Å². The third-order valence-electron chi connectivity index (χ3n) is 5.11. The quantitative estimate of drug-likeness (QED) is 0.210. The van der Waals surface area contributed by atoms with E-state index in [2.05, 4.69) is 40.5 Å². The van der Waals surface area contributed by atoms with E-state index >= 15 is 0 Å². The SMILES string of the molecule is COc1ncnc(OC)c1NC(=NS(=O)(=O)[C@H](C)[C@H](C)c1ncc(Cl)cn1)NNC(=O)c1ccc(C)o1. The van der Waals surface area contributed by atoms with Crippen LogP contribution in [0.25, 0.3) is 0 Å². The molecule has 0 aromatic carbocycles. The number of hydrogen-bond donors (Lipinski definition) is 3. The number of furan rings is 1. The van der Waals surface area contributed by atoms with Crippen molar-refractivity contribution in [2.75, 3.05) is 19.5 Å². The summed E-state index contributed by atoms with van der Waals surface area (Å²) >= 11 is 5.83. The molecule has 0 aliphatic carbocycles. The van der Waals surface area contributed by atoms with Crippen molar-refractivity contribution in [1.29, 1.82) is 0 Å². The van der Waals surface area contributed by atoms with Gasteiger partial charge in [-0.15, -0.1) is 4.40 Å². The number of amides is 1. The fourth-order valence-electron chi connectivity index (χ4n) is 2.94. The maximum Gasteiger partial charge on any atom is 0.305 e. The predicted octanol–water partition coefficient (Wildman–Crippen LogP) is 2.06. The number of rotatable bonds is 8. The van der Waals surface area contributed by atoms with E-state index in [0.717, 1.165) is 0 Å². The molecule has 16 heteroatoms. The zero-order valence-electron chi connectivity index (χ0n) is 20.5. The van der Waals surface area contributed by atoms with Crippen LogP contribution in [-0.4, -0.2) is 59.7 Å². The van der Waals surface area contributed by atoms with Crippen LogP contribution in [-0.2, 0) is 10.0 Å². The third-order valence-corrected chi connectivity index (χ3v) is 7.09. The van der Waals surface area contributed by atoms with Crippen molar-refractivity contribution in [2.45, 2.75) is 31.9 Å². The van der Waals surface area contributed by atoms with Gasteiger partial charge in [0.15, 0.2) is 11.4 Å². The Bertz CT molecular complexity index is 1360. The van der Waals surface area contributed by atoms with Gasteiger partial charge in [-0.25, -0.2) is 18.4 Å². The number of nitrogens with zero attached hydrogens (tertiary/aromatic N) is 5. The summed E-state index contributed by atoms with van der Waals surface area (Å²) in [5.74, 6) is -0.907. The fourth-order valence-corrected chi connectivity index (χ4v) is 4.18. The minimum atomic E-state index is -4.23. The van der Waals surface area contributed by atoms with Crippen LogP contribution in [0.15, 0.2) is 39.7 Å². The van der Waals surface area contributed by atoms with Crippen LogP contribution in [0, 0.1) is 6.92 Å². The fraction of sp³-hybridized carbons (Fsp3) is 0.333. The number of ether oxygens (including phenoxy) is 2. The van der Waals surface area contributed by atoms with Crippen LogP contribution < -0.4 is 25.6 Å². The number of methoxy groups -OCH3 is 2. The number of aryl methyl sites for hydroxylation is 1. The van der Waals surface area contributed by atoms with Gasteiger partial charge in [0.2, 0.25) is 17.7 Å². The van der Waals surface area contributed by atoms with Gasteiger partial charge in [0.25, 0.3) is 10.0 Å². The molecule has 0 aliphatic heterocycles. The number of aromatic nitrogens is 4. The summed E-state index contributed by atoms with van der Waals surface area (Å²) in [7, 11) is -1.53. The van der Waals surface area contributed by atoms with Crippen LogP contribution in [0.2, 0.25) is 5.02 Å². The van der Waals surface area contributed by atoms with E-state index in [0.29, 0.717) is 10.8 Å². The molecule has 0 aliphatic rings. The molecule has 3 N–H and O–H groups in total. The average Bonchev–Trinajstić information content (AvgIpc) is 3.32. The lowest BCUT2D eigenvalue weighted by molar-refractivity contribution is 0.0914. The summed E-state index contributed by atoms with van der Waals surface area (Å²) < 4.78 is 46.1. The predicted molar refractivity (Wildman–Crippen MR) is 134 cm³/mol. The first-order valence-corrected chi connectivity index (χ1v) is 12.6. The van der Waals surface area contributed by atoms with E-state index in [1.165, 1.54) is 45.9 Å². The first-order valence-electron chi connectivity index (χ1n) is 10.7. The molecule has 198 valence electrons. The van der Waals surface area contributed by atoms with Gasteiger partial charge < -0.3 is 19.2 Å². The lowest BCUT2D eigenvalue weighted by Gasteiger charge is -2.19. The number of nitrogens with one attached hydrogen (secondary N) is 3. The maximum absolute atomic E-state index is 13.3. The summed E-state index contributed by atoms with van der Waals surface area (Å²) in [6.45, 7) is 4.77. The van der Waals surface area contributed by atoms with Crippen molar-refractivity contribution in [3.63, 3.8) is 0 Å². The van der Waals surface area contributed by atoms with E-state index in [1.54, 1.807) is 19.9 Å². The molecule has 2 atom stereocenters. The number of carbonyl (C=O) groups excluding carboxylic acids is 1. The molecule has 0 saturated heterocycles. The molecule has 0 bridgehead atoms. The molecule has 1 amide bonds. The molecule has 14 nitrogen and oxygen atoms in total. The number of halogens is 1. The second-order valence-electron chi connectivity index (χ2n) is 7.59. The standard InChI is InChI=1S/C21H25ClN8O6S/c1-11-6-7-15(36-11)18(31)28-29-21(27-16-19(34-4)25-10-26-20(16)35-5)30-37(32,33)13(3)12(2)17-23-8-14(22)9-24-17/h6-10,12-13H,1-5H3,(H,28,31)(H2,27,29,30)/t12-,13+/m0/s1. The Morgan fingerprint density at radius 3 is 2.22 bits per heavy atom. The average molecular weight is 553 g/mol. The lowest BCUT2D eigenvalue weighted by Crippen LogP contribution is -2.45. The zero-order chi connectivity index (χ0) is 27.2. The summed E-state index contributed by atoms with van der Waals surface area (Å²) in [6.07, 6.45) is 3.94. The highest BCUT2D eigenvalue weighted by atomic mass is 35.5. The topological polar surface area (TPSA) is 183 Å². The van der Waals surface area contributed by atoms with Gasteiger partial charge in [0.1, 0.15) is 17.9 Å². The first kappa shape index (κ1) is 27.6. The number of carbonyl (C=O) groups is 1. The van der Waals surface area contributed by atoms with E-state index in [1.807, 2.05) is 0 Å². The normalized spacial score (nSPS) is 13.4. The van der Waals surface area contributed by atoms with Crippen molar-refractivity contribution in [1.82, 2.24) is 30.8 Å². The van der Waals surface area contributed by atoms with Crippen molar-refractivity contribution in [3.05, 3.63) is 53.2 Å². The number of sulfonamides is 1. The second-order valence-corrected chi connectivity index (χ2v) is 9.98. The highest BCUT2D eigenvalue weighted by Gasteiger charge is 2.30. The van der Waals surface area contributed by atoms with Crippen LogP contribution in [0.3, 0.4) is 0 Å². The number of anilines is 1. The Kier molecular flexibility index (Phi) is 8.83. The molecule has 0 spiro atoms. The molecular formula is C21H25ClN8O6S. The monoisotopic (exact) mass is 552 g/mol. The first-order chi connectivity index (χ1) is 17.6. The molecule has 0 saturated carbocycles. The Labute approximate surface area is 217 Å². The van der Waals surface area contributed by atoms with Crippen molar-refractivity contribution in [2.24, 2.45) is 4.40 Å². The lowest BCUT2D eigenvalue weighted by atomic mass is 10.1. The molecule has 3 aromatic rings. The van der Waals surface area contributed by atoms with Gasteiger partial charge >= 0.3 is 5.91 Å². The molecule has 37 heavy (non-hydrogen) atoms. The molecule has 3 heterocycles. The smallest absolute Gasteiger partial charge is 0.305 e. The minimum absolute atomic E-state index is 0.00714. The van der Waals surface area contributed by atoms with Crippen molar-refractivity contribution in [3.8, 4) is 11.8 Å². The number of hydrazine groups is 1. The molecule has 0 radical (unpaired) electrons. The van der Waals surface area contributed by atoms with Crippen LogP contribution in [0.5, 0.6) is 11.8 Å². The Morgan fingerprint density at radius 1 is 1.05 bits per heavy atom. The molecule has 3 aromatic heterocycles. The molecular weight excluding hydrogens is 528 g/mol. The van der Waals surface area contributed by atoms with E-state index in [4.69, 9.17) is 25.5 Å². The summed E-state index contributed by atoms with van der Waals surface area (Å²) in [4.78, 5) is 28.6. The molecule has 3 rings (SSSR count). The molecule has 0 fully saturated rings. The largest absolute Gasteiger partial charge is 0.479 e. The van der Waals surface area contributed by atoms with Gasteiger partial charge in [-0.3, -0.25) is 15.6 Å². The van der Waals surface area contributed by atoms with Crippen molar-refractivity contribution < 1.29 is 27.1 Å².